The molecule has 2 aromatic carbocycles. The van der Waals surface area contributed by atoms with Crippen molar-refractivity contribution in [2.45, 2.75) is 44.1 Å². The number of carbonyl (C=O) groups excluding carboxylic acids is 1. The zero-order valence-electron chi connectivity index (χ0n) is 23.8. The SMILES string of the molecule is COc1c(Nc2nc(Nc3cnn(C45CC6CC(CC(C6)C4)C5)c3)ncc2C(N)=O)cccc1-c1nc2ccccc2o1. The molecule has 218 valence electrons. The Kier molecular flexibility index (Phi) is 5.88. The van der Waals surface area contributed by atoms with Crippen molar-refractivity contribution in [2.75, 3.05) is 17.7 Å². The summed E-state index contributed by atoms with van der Waals surface area (Å²) in [5, 5.41) is 11.3. The topological polar surface area (TPSA) is 146 Å². The Balaban J connectivity index is 1.08. The number of hydrogen-bond donors (Lipinski definition) is 3. The number of carbonyl (C=O) groups is 1. The molecule has 4 fully saturated rings. The van der Waals surface area contributed by atoms with Crippen LogP contribution < -0.4 is 21.1 Å². The van der Waals surface area contributed by atoms with Crippen molar-refractivity contribution in [1.82, 2.24) is 24.7 Å². The van der Waals surface area contributed by atoms with Gasteiger partial charge in [0.1, 0.15) is 16.9 Å². The van der Waals surface area contributed by atoms with E-state index in [0.717, 1.165) is 29.0 Å². The summed E-state index contributed by atoms with van der Waals surface area (Å²) in [6.45, 7) is 0. The summed E-state index contributed by atoms with van der Waals surface area (Å²) in [4.78, 5) is 26.0. The van der Waals surface area contributed by atoms with Crippen molar-refractivity contribution in [1.29, 1.82) is 0 Å². The maximum absolute atomic E-state index is 12.3. The summed E-state index contributed by atoms with van der Waals surface area (Å²) in [5.74, 6) is 3.26. The minimum absolute atomic E-state index is 0.119. The summed E-state index contributed by atoms with van der Waals surface area (Å²) < 4.78 is 14.0. The number of primary amides is 1. The van der Waals surface area contributed by atoms with Crippen molar-refractivity contribution in [3.8, 4) is 17.2 Å². The van der Waals surface area contributed by atoms with Crippen molar-refractivity contribution < 1.29 is 13.9 Å². The Bertz CT molecular complexity index is 1790. The van der Waals surface area contributed by atoms with Gasteiger partial charge in [-0.25, -0.2) is 9.97 Å². The Morgan fingerprint density at radius 1 is 1.00 bits per heavy atom. The molecule has 5 aromatic rings. The van der Waals surface area contributed by atoms with Gasteiger partial charge in [-0.05, 0) is 80.5 Å². The maximum atomic E-state index is 12.3. The van der Waals surface area contributed by atoms with Crippen LogP contribution in [0.5, 0.6) is 5.75 Å². The van der Waals surface area contributed by atoms with E-state index in [2.05, 4.69) is 36.5 Å². The monoisotopic (exact) mass is 576 g/mol. The second kappa shape index (κ2) is 9.82. The number of nitrogens with zero attached hydrogens (tertiary/aromatic N) is 5. The number of benzene rings is 2. The van der Waals surface area contributed by atoms with Crippen molar-refractivity contribution >= 4 is 40.1 Å². The molecule has 11 nitrogen and oxygen atoms in total. The highest BCUT2D eigenvalue weighted by molar-refractivity contribution is 5.98. The first kappa shape index (κ1) is 25.8. The third-order valence-electron chi connectivity index (χ3n) is 9.38. The van der Waals surface area contributed by atoms with Gasteiger partial charge in [-0.3, -0.25) is 9.48 Å². The second-order valence-electron chi connectivity index (χ2n) is 12.3. The van der Waals surface area contributed by atoms with Crippen LogP contribution >= 0.6 is 0 Å². The van der Waals surface area contributed by atoms with Crippen LogP contribution in [0.2, 0.25) is 0 Å². The zero-order valence-corrected chi connectivity index (χ0v) is 23.8. The number of aromatic nitrogens is 5. The second-order valence-corrected chi connectivity index (χ2v) is 12.3. The van der Waals surface area contributed by atoms with E-state index in [1.54, 1.807) is 7.11 Å². The highest BCUT2D eigenvalue weighted by Crippen LogP contribution is 2.58. The van der Waals surface area contributed by atoms with Crippen LogP contribution in [0.15, 0.2) is 65.5 Å². The molecule has 4 aliphatic carbocycles. The van der Waals surface area contributed by atoms with Gasteiger partial charge in [-0.1, -0.05) is 18.2 Å². The minimum Gasteiger partial charge on any atom is -0.494 e. The Labute approximate surface area is 247 Å². The third-order valence-corrected chi connectivity index (χ3v) is 9.38. The number of hydrogen-bond acceptors (Lipinski definition) is 9. The molecule has 0 unspecified atom stereocenters. The van der Waals surface area contributed by atoms with Crippen molar-refractivity contribution in [2.24, 2.45) is 23.5 Å². The van der Waals surface area contributed by atoms with Crippen LogP contribution in [0.3, 0.4) is 0 Å². The van der Waals surface area contributed by atoms with Crippen LogP contribution in [-0.4, -0.2) is 37.7 Å². The number of anilines is 4. The molecule has 3 aromatic heterocycles. The lowest BCUT2D eigenvalue weighted by atomic mass is 9.53. The van der Waals surface area contributed by atoms with Gasteiger partial charge in [-0.15, -0.1) is 0 Å². The first-order valence-corrected chi connectivity index (χ1v) is 14.8. The summed E-state index contributed by atoms with van der Waals surface area (Å²) in [5.41, 5.74) is 9.38. The molecule has 43 heavy (non-hydrogen) atoms. The number of rotatable bonds is 8. The lowest BCUT2D eigenvalue weighted by Crippen LogP contribution is -2.52. The molecule has 4 saturated carbocycles. The first-order valence-electron chi connectivity index (χ1n) is 14.8. The fourth-order valence-electron chi connectivity index (χ4n) is 7.98. The van der Waals surface area contributed by atoms with Gasteiger partial charge in [-0.2, -0.15) is 10.1 Å². The number of amides is 1. The molecule has 4 N–H and O–H groups in total. The van der Waals surface area contributed by atoms with Crippen LogP contribution in [-0.2, 0) is 5.54 Å². The molecule has 0 aliphatic heterocycles. The molecule has 4 bridgehead atoms. The average Bonchev–Trinajstić information content (AvgIpc) is 3.64. The molecule has 4 aliphatic rings. The predicted octanol–water partition coefficient (Wildman–Crippen LogP) is 6.00. The van der Waals surface area contributed by atoms with Crippen LogP contribution in [0.4, 0.5) is 23.1 Å². The van der Waals surface area contributed by atoms with Gasteiger partial charge < -0.3 is 25.5 Å². The van der Waals surface area contributed by atoms with E-state index >= 15 is 0 Å². The number of oxazole rings is 1. The highest BCUT2D eigenvalue weighted by atomic mass is 16.5. The summed E-state index contributed by atoms with van der Waals surface area (Å²) in [6.07, 6.45) is 13.1. The van der Waals surface area contributed by atoms with Crippen molar-refractivity contribution in [3.63, 3.8) is 0 Å². The molecule has 0 saturated heterocycles. The molecule has 3 heterocycles. The Morgan fingerprint density at radius 2 is 1.77 bits per heavy atom. The average molecular weight is 577 g/mol. The van der Waals surface area contributed by atoms with Gasteiger partial charge >= 0.3 is 0 Å². The molecule has 9 rings (SSSR count). The van der Waals surface area contributed by atoms with Crippen LogP contribution in [0.25, 0.3) is 22.6 Å². The fourth-order valence-corrected chi connectivity index (χ4v) is 7.98. The lowest BCUT2D eigenvalue weighted by molar-refractivity contribution is -0.0493. The quantitative estimate of drug-likeness (QED) is 0.202. The molecule has 1 amide bonds. The fraction of sp³-hybridized carbons (Fsp3) is 0.344. The first-order chi connectivity index (χ1) is 21.0. The van der Waals surface area contributed by atoms with Gasteiger partial charge in [0.25, 0.3) is 5.91 Å². The summed E-state index contributed by atoms with van der Waals surface area (Å²) >= 11 is 0. The largest absolute Gasteiger partial charge is 0.494 e. The molecule has 0 spiro atoms. The van der Waals surface area contributed by atoms with E-state index in [0.29, 0.717) is 34.4 Å². The zero-order chi connectivity index (χ0) is 29.1. The molecular formula is C32H32N8O3. The van der Waals surface area contributed by atoms with Gasteiger partial charge in [0.2, 0.25) is 11.8 Å². The van der Waals surface area contributed by atoms with E-state index in [1.165, 1.54) is 44.7 Å². The van der Waals surface area contributed by atoms with Gasteiger partial charge in [0.15, 0.2) is 11.3 Å². The number of nitrogens with two attached hydrogens (primary N) is 1. The lowest BCUT2D eigenvalue weighted by Gasteiger charge is -2.56. The number of fused-ring (bicyclic) bond motifs is 1. The van der Waals surface area contributed by atoms with E-state index < -0.39 is 5.91 Å². The molecule has 0 radical (unpaired) electrons. The summed E-state index contributed by atoms with van der Waals surface area (Å²) in [7, 11) is 1.57. The number of methoxy groups -OCH3 is 1. The normalized spacial score (nSPS) is 23.9. The van der Waals surface area contributed by atoms with E-state index in [4.69, 9.17) is 20.0 Å². The predicted molar refractivity (Wildman–Crippen MR) is 161 cm³/mol. The number of para-hydroxylation sites is 3. The number of nitrogens with one attached hydrogen (secondary N) is 2. The van der Waals surface area contributed by atoms with Crippen molar-refractivity contribution in [3.05, 3.63) is 66.6 Å². The van der Waals surface area contributed by atoms with E-state index in [1.807, 2.05) is 48.7 Å². The van der Waals surface area contributed by atoms with Gasteiger partial charge in [0, 0.05) is 12.4 Å². The smallest absolute Gasteiger partial charge is 0.254 e. The Hall–Kier alpha value is -4.93. The highest BCUT2D eigenvalue weighted by Gasteiger charge is 2.52. The minimum atomic E-state index is -0.655. The van der Waals surface area contributed by atoms with E-state index in [9.17, 15) is 4.79 Å². The van der Waals surface area contributed by atoms with Gasteiger partial charge in [0.05, 0.1) is 35.8 Å². The third kappa shape index (κ3) is 4.46. The summed E-state index contributed by atoms with van der Waals surface area (Å²) in [6, 6.07) is 13.1. The maximum Gasteiger partial charge on any atom is 0.254 e. The molecule has 11 heteroatoms. The van der Waals surface area contributed by atoms with Crippen LogP contribution in [0, 0.1) is 17.8 Å². The van der Waals surface area contributed by atoms with E-state index in [-0.39, 0.29) is 16.9 Å². The number of ether oxygens (including phenoxy) is 1. The molecular weight excluding hydrogens is 544 g/mol. The van der Waals surface area contributed by atoms with Crippen LogP contribution in [0.1, 0.15) is 48.9 Å². The Morgan fingerprint density at radius 3 is 2.49 bits per heavy atom. The molecule has 0 atom stereocenters. The standard InChI is InChI=1S/C32H32N8O3/c1-42-27-22(30-38-24-6-2-3-8-26(24)43-30)5-4-7-25(27)37-29-23(28(33)41)16-34-31(39-29)36-21-15-35-40(17-21)32-12-18-9-19(13-32)11-20(10-18)14-32/h2-8,15-20H,9-14H2,1H3,(H2,33,41)(H2,34,36,37,39).